The maximum atomic E-state index is 13.1. The number of halogens is 1. The SMILES string of the molecule is O=C(Cc1cccc(F)c1)NCC(=O)Nc1ccc(N2CCCCCC2)cc1. The van der Waals surface area contributed by atoms with Crippen molar-refractivity contribution < 1.29 is 14.0 Å². The summed E-state index contributed by atoms with van der Waals surface area (Å²) in [5, 5.41) is 5.34. The van der Waals surface area contributed by atoms with Crippen LogP contribution in [0.15, 0.2) is 48.5 Å². The summed E-state index contributed by atoms with van der Waals surface area (Å²) < 4.78 is 13.1. The van der Waals surface area contributed by atoms with Crippen LogP contribution in [0.2, 0.25) is 0 Å². The topological polar surface area (TPSA) is 61.4 Å². The zero-order chi connectivity index (χ0) is 19.8. The van der Waals surface area contributed by atoms with Gasteiger partial charge in [0.1, 0.15) is 5.82 Å². The molecule has 1 aliphatic rings. The minimum Gasteiger partial charge on any atom is -0.372 e. The highest BCUT2D eigenvalue weighted by Crippen LogP contribution is 2.21. The Labute approximate surface area is 164 Å². The van der Waals surface area contributed by atoms with Gasteiger partial charge in [0.25, 0.3) is 0 Å². The normalized spacial score (nSPS) is 14.2. The van der Waals surface area contributed by atoms with Crippen LogP contribution in [0.1, 0.15) is 31.2 Å². The minimum atomic E-state index is -0.383. The van der Waals surface area contributed by atoms with E-state index in [1.165, 1.54) is 43.5 Å². The van der Waals surface area contributed by atoms with E-state index in [4.69, 9.17) is 0 Å². The highest BCUT2D eigenvalue weighted by atomic mass is 19.1. The largest absolute Gasteiger partial charge is 0.372 e. The van der Waals surface area contributed by atoms with Crippen LogP contribution in [0.3, 0.4) is 0 Å². The van der Waals surface area contributed by atoms with Crippen molar-refractivity contribution in [3.63, 3.8) is 0 Å². The molecule has 0 unspecified atom stereocenters. The second kappa shape index (κ2) is 9.88. The number of carbonyl (C=O) groups is 2. The molecule has 0 radical (unpaired) electrons. The summed E-state index contributed by atoms with van der Waals surface area (Å²) in [6.45, 7) is 2.02. The second-order valence-corrected chi connectivity index (χ2v) is 7.08. The van der Waals surface area contributed by atoms with Crippen LogP contribution in [-0.4, -0.2) is 31.4 Å². The molecule has 1 saturated heterocycles. The molecule has 0 atom stereocenters. The van der Waals surface area contributed by atoms with Crippen molar-refractivity contribution in [3.8, 4) is 0 Å². The molecule has 148 valence electrons. The average Bonchev–Trinajstić information content (AvgIpc) is 2.97. The molecule has 1 fully saturated rings. The smallest absolute Gasteiger partial charge is 0.243 e. The molecule has 0 spiro atoms. The Morgan fingerprint density at radius 1 is 0.929 bits per heavy atom. The lowest BCUT2D eigenvalue weighted by Gasteiger charge is -2.22. The first-order valence-corrected chi connectivity index (χ1v) is 9.76. The molecule has 5 nitrogen and oxygen atoms in total. The van der Waals surface area contributed by atoms with E-state index in [-0.39, 0.29) is 30.6 Å². The van der Waals surface area contributed by atoms with Gasteiger partial charge in [-0.25, -0.2) is 4.39 Å². The monoisotopic (exact) mass is 383 g/mol. The van der Waals surface area contributed by atoms with Gasteiger partial charge in [-0.2, -0.15) is 0 Å². The summed E-state index contributed by atoms with van der Waals surface area (Å²) >= 11 is 0. The van der Waals surface area contributed by atoms with Crippen LogP contribution in [0, 0.1) is 5.82 Å². The third-order valence-corrected chi connectivity index (χ3v) is 4.82. The Morgan fingerprint density at radius 2 is 1.64 bits per heavy atom. The van der Waals surface area contributed by atoms with E-state index >= 15 is 0 Å². The van der Waals surface area contributed by atoms with Gasteiger partial charge in [0.15, 0.2) is 0 Å². The van der Waals surface area contributed by atoms with Gasteiger partial charge in [-0.1, -0.05) is 25.0 Å². The van der Waals surface area contributed by atoms with Crippen molar-refractivity contribution in [1.82, 2.24) is 5.32 Å². The van der Waals surface area contributed by atoms with E-state index in [0.29, 0.717) is 11.3 Å². The molecular weight excluding hydrogens is 357 g/mol. The molecule has 2 amide bonds. The standard InChI is InChI=1S/C22H26FN3O2/c23-18-7-5-6-17(14-18)15-21(27)24-16-22(28)25-19-8-10-20(11-9-19)26-12-3-1-2-4-13-26/h5-11,14H,1-4,12-13,15-16H2,(H,24,27)(H,25,28). The second-order valence-electron chi connectivity index (χ2n) is 7.08. The van der Waals surface area contributed by atoms with Crippen LogP contribution in [-0.2, 0) is 16.0 Å². The Hall–Kier alpha value is -2.89. The van der Waals surface area contributed by atoms with Gasteiger partial charge in [-0.15, -0.1) is 0 Å². The Kier molecular flexibility index (Phi) is 7.00. The molecule has 0 aromatic heterocycles. The predicted molar refractivity (Wildman–Crippen MR) is 109 cm³/mol. The fourth-order valence-electron chi connectivity index (χ4n) is 3.36. The summed E-state index contributed by atoms with van der Waals surface area (Å²) in [6, 6.07) is 13.7. The first-order chi connectivity index (χ1) is 13.6. The van der Waals surface area contributed by atoms with E-state index in [1.54, 1.807) is 12.1 Å². The third-order valence-electron chi connectivity index (χ3n) is 4.82. The molecule has 0 aliphatic carbocycles. The first-order valence-electron chi connectivity index (χ1n) is 9.76. The van der Waals surface area contributed by atoms with Crippen molar-refractivity contribution >= 4 is 23.2 Å². The van der Waals surface area contributed by atoms with Crippen molar-refractivity contribution in [1.29, 1.82) is 0 Å². The van der Waals surface area contributed by atoms with Crippen LogP contribution < -0.4 is 15.5 Å². The van der Waals surface area contributed by atoms with Gasteiger partial charge >= 0.3 is 0 Å². The molecule has 0 bridgehead atoms. The van der Waals surface area contributed by atoms with Crippen molar-refractivity contribution in [2.45, 2.75) is 32.1 Å². The van der Waals surface area contributed by atoms with Crippen LogP contribution >= 0.6 is 0 Å². The Morgan fingerprint density at radius 3 is 2.32 bits per heavy atom. The molecule has 1 heterocycles. The zero-order valence-corrected chi connectivity index (χ0v) is 15.9. The molecule has 6 heteroatoms. The van der Waals surface area contributed by atoms with Crippen molar-refractivity contribution in [3.05, 3.63) is 59.9 Å². The molecule has 3 rings (SSSR count). The fourth-order valence-corrected chi connectivity index (χ4v) is 3.36. The molecule has 2 N–H and O–H groups in total. The van der Waals surface area contributed by atoms with E-state index in [0.717, 1.165) is 13.1 Å². The average molecular weight is 383 g/mol. The van der Waals surface area contributed by atoms with Crippen LogP contribution in [0.4, 0.5) is 15.8 Å². The van der Waals surface area contributed by atoms with Crippen molar-refractivity contribution in [2.24, 2.45) is 0 Å². The summed E-state index contributed by atoms with van der Waals surface area (Å²) in [6.07, 6.45) is 5.04. The number of nitrogens with one attached hydrogen (secondary N) is 2. The van der Waals surface area contributed by atoms with Crippen LogP contribution in [0.25, 0.3) is 0 Å². The molecule has 2 aromatic rings. The van der Waals surface area contributed by atoms with Gasteiger partial charge in [-0.3, -0.25) is 9.59 Å². The van der Waals surface area contributed by atoms with Gasteiger partial charge in [0.05, 0.1) is 13.0 Å². The maximum absolute atomic E-state index is 13.1. The molecule has 0 saturated carbocycles. The number of hydrogen-bond acceptors (Lipinski definition) is 3. The highest BCUT2D eigenvalue weighted by molar-refractivity contribution is 5.94. The van der Waals surface area contributed by atoms with Crippen LogP contribution in [0.5, 0.6) is 0 Å². The zero-order valence-electron chi connectivity index (χ0n) is 15.9. The molecule has 28 heavy (non-hydrogen) atoms. The number of carbonyl (C=O) groups excluding carboxylic acids is 2. The number of benzene rings is 2. The summed E-state index contributed by atoms with van der Waals surface area (Å²) in [4.78, 5) is 26.3. The Bertz CT molecular complexity index is 800. The predicted octanol–water partition coefficient (Wildman–Crippen LogP) is 3.50. The van der Waals surface area contributed by atoms with E-state index in [1.807, 2.05) is 24.3 Å². The third kappa shape index (κ3) is 6.08. The number of anilines is 2. The molecule has 2 aromatic carbocycles. The number of nitrogens with zero attached hydrogens (tertiary/aromatic N) is 1. The molecular formula is C22H26FN3O2. The van der Waals surface area contributed by atoms with E-state index in [9.17, 15) is 14.0 Å². The van der Waals surface area contributed by atoms with Gasteiger partial charge < -0.3 is 15.5 Å². The quantitative estimate of drug-likeness (QED) is 0.803. The summed E-state index contributed by atoms with van der Waals surface area (Å²) in [5.74, 6) is -1.00. The molecule has 1 aliphatic heterocycles. The Balaban J connectivity index is 1.44. The summed E-state index contributed by atoms with van der Waals surface area (Å²) in [7, 11) is 0. The fraction of sp³-hybridized carbons (Fsp3) is 0.364. The van der Waals surface area contributed by atoms with Gasteiger partial charge in [0, 0.05) is 24.5 Å². The number of amides is 2. The lowest BCUT2D eigenvalue weighted by molar-refractivity contribution is -0.123. The van der Waals surface area contributed by atoms with E-state index < -0.39 is 0 Å². The van der Waals surface area contributed by atoms with E-state index in [2.05, 4.69) is 15.5 Å². The maximum Gasteiger partial charge on any atom is 0.243 e. The summed E-state index contributed by atoms with van der Waals surface area (Å²) in [5.41, 5.74) is 2.44. The number of hydrogen-bond donors (Lipinski definition) is 2. The number of rotatable bonds is 6. The lowest BCUT2D eigenvalue weighted by Crippen LogP contribution is -2.33. The van der Waals surface area contributed by atoms with Gasteiger partial charge in [-0.05, 0) is 54.8 Å². The minimum absolute atomic E-state index is 0.0373. The lowest BCUT2D eigenvalue weighted by atomic mass is 10.1. The van der Waals surface area contributed by atoms with Crippen molar-refractivity contribution in [2.75, 3.05) is 29.9 Å². The first kappa shape index (κ1) is 19.9. The highest BCUT2D eigenvalue weighted by Gasteiger charge is 2.11. The van der Waals surface area contributed by atoms with Gasteiger partial charge in [0.2, 0.25) is 11.8 Å².